The Kier molecular flexibility index (Phi) is 8.91. The van der Waals surface area contributed by atoms with Crippen molar-refractivity contribution in [2.75, 3.05) is 26.5 Å². The average molecular weight is 424 g/mol. The molecule has 0 unspecified atom stereocenters. The normalized spacial score (nSPS) is 13.7. The summed E-state index contributed by atoms with van der Waals surface area (Å²) in [6, 6.07) is 14.6. The summed E-state index contributed by atoms with van der Waals surface area (Å²) < 4.78 is 38.4. The van der Waals surface area contributed by atoms with Crippen LogP contribution in [0.25, 0.3) is 0 Å². The number of nitrogens with one attached hydrogen (secondary N) is 1. The van der Waals surface area contributed by atoms with Crippen molar-refractivity contribution in [2.24, 2.45) is 0 Å². The second-order valence-corrected chi connectivity index (χ2v) is 8.18. The molecule has 0 aliphatic rings. The third-order valence-corrected chi connectivity index (χ3v) is 4.71. The number of aliphatic hydroxyl groups excluding tert-OH is 1. The first-order valence-corrected chi connectivity index (χ1v) is 11.3. The fraction of sp³-hybridized carbons (Fsp3) is 0.429. The van der Waals surface area contributed by atoms with Crippen LogP contribution in [0.4, 0.5) is 0 Å². The van der Waals surface area contributed by atoms with Crippen molar-refractivity contribution < 1.29 is 27.2 Å². The third kappa shape index (κ3) is 8.41. The summed E-state index contributed by atoms with van der Waals surface area (Å²) in [5, 5.41) is 12.8. The molecular formula is C21H29NO6S. The van der Waals surface area contributed by atoms with Crippen LogP contribution in [0.2, 0.25) is 0 Å². The quantitative estimate of drug-likeness (QED) is 0.399. The molecule has 29 heavy (non-hydrogen) atoms. The van der Waals surface area contributed by atoms with Gasteiger partial charge in [0.25, 0.3) is 0 Å². The lowest BCUT2D eigenvalue weighted by Crippen LogP contribution is -2.40. The minimum atomic E-state index is -3.51. The predicted octanol–water partition coefficient (Wildman–Crippen LogP) is 2.13. The number of aliphatic hydroxyl groups is 1. The zero-order valence-electron chi connectivity index (χ0n) is 17.0. The van der Waals surface area contributed by atoms with Crippen LogP contribution >= 0.6 is 0 Å². The Morgan fingerprint density at radius 2 is 1.59 bits per heavy atom. The van der Waals surface area contributed by atoms with Crippen LogP contribution in [0.1, 0.15) is 18.1 Å². The summed E-state index contributed by atoms with van der Waals surface area (Å²) in [5.41, 5.74) is 2.06. The summed E-state index contributed by atoms with van der Waals surface area (Å²) >= 11 is 0. The first-order valence-electron chi connectivity index (χ1n) is 9.47. The molecule has 0 radical (unpaired) electrons. The highest BCUT2D eigenvalue weighted by Gasteiger charge is 2.18. The Morgan fingerprint density at radius 1 is 1.00 bits per heavy atom. The Hall–Kier alpha value is -2.13. The average Bonchev–Trinajstić information content (AvgIpc) is 2.68. The van der Waals surface area contributed by atoms with Crippen molar-refractivity contribution in [3.63, 3.8) is 0 Å². The van der Waals surface area contributed by atoms with Crippen LogP contribution in [0.3, 0.4) is 0 Å². The molecule has 0 saturated carbocycles. The Labute approximate surface area is 172 Å². The molecule has 0 aromatic heterocycles. The number of likely N-dealkylation sites (N-methyl/N-ethyl adjacent to an activating group) is 1. The summed E-state index contributed by atoms with van der Waals surface area (Å²) in [5.74, 6) is 1.05. The highest BCUT2D eigenvalue weighted by Crippen LogP contribution is 2.17. The number of hydrogen-bond acceptors (Lipinski definition) is 7. The van der Waals surface area contributed by atoms with E-state index < -0.39 is 16.3 Å². The highest BCUT2D eigenvalue weighted by atomic mass is 32.2. The maximum absolute atomic E-state index is 11.1. The predicted molar refractivity (Wildman–Crippen MR) is 112 cm³/mol. The van der Waals surface area contributed by atoms with Crippen LogP contribution in [0.5, 0.6) is 11.5 Å². The molecule has 0 amide bonds. The largest absolute Gasteiger partial charge is 0.493 e. The standard InChI is InChI=1S/C21H29NO6S/c1-4-26-20(21(23)22-2)15-17-7-9-18(10-8-17)27-14-13-16-5-11-19(12-6-16)28-29(3,24)25/h5-12,20-23H,4,13-15H2,1-3H3/t20-,21-/m0/s1. The van der Waals surface area contributed by atoms with Gasteiger partial charge in [0.1, 0.15) is 23.8 Å². The lowest BCUT2D eigenvalue weighted by molar-refractivity contribution is -0.0434. The van der Waals surface area contributed by atoms with Gasteiger partial charge in [-0.05, 0) is 49.4 Å². The van der Waals surface area contributed by atoms with Crippen LogP contribution in [0, 0.1) is 0 Å². The maximum Gasteiger partial charge on any atom is 0.306 e. The van der Waals surface area contributed by atoms with Crippen molar-refractivity contribution in [3.8, 4) is 11.5 Å². The number of rotatable bonds is 12. The fourth-order valence-corrected chi connectivity index (χ4v) is 3.25. The molecular weight excluding hydrogens is 394 g/mol. The fourth-order valence-electron chi connectivity index (χ4n) is 2.79. The van der Waals surface area contributed by atoms with Crippen molar-refractivity contribution in [2.45, 2.75) is 32.1 Å². The molecule has 0 heterocycles. The van der Waals surface area contributed by atoms with Crippen molar-refractivity contribution in [1.82, 2.24) is 5.32 Å². The Morgan fingerprint density at radius 3 is 2.14 bits per heavy atom. The summed E-state index contributed by atoms with van der Waals surface area (Å²) in [6.45, 7) is 2.93. The second kappa shape index (κ2) is 11.2. The molecule has 2 N–H and O–H groups in total. The van der Waals surface area contributed by atoms with Crippen LogP contribution in [-0.4, -0.2) is 52.4 Å². The van der Waals surface area contributed by atoms with E-state index in [-0.39, 0.29) is 6.10 Å². The molecule has 0 saturated heterocycles. The van der Waals surface area contributed by atoms with Gasteiger partial charge in [0.05, 0.1) is 12.9 Å². The summed E-state index contributed by atoms with van der Waals surface area (Å²) in [6.07, 6.45) is 1.26. The van der Waals surface area contributed by atoms with E-state index in [1.54, 1.807) is 19.2 Å². The minimum absolute atomic E-state index is 0.293. The molecule has 2 rings (SSSR count). The van der Waals surface area contributed by atoms with Gasteiger partial charge >= 0.3 is 10.1 Å². The smallest absolute Gasteiger partial charge is 0.306 e. The molecule has 160 valence electrons. The van der Waals surface area contributed by atoms with Gasteiger partial charge in [-0.25, -0.2) is 0 Å². The molecule has 0 fully saturated rings. The zero-order chi connectivity index (χ0) is 21.3. The van der Waals surface area contributed by atoms with E-state index in [9.17, 15) is 13.5 Å². The Bertz CT molecular complexity index is 836. The molecule has 2 atom stereocenters. The first kappa shape index (κ1) is 23.2. The van der Waals surface area contributed by atoms with Gasteiger partial charge in [-0.15, -0.1) is 0 Å². The zero-order valence-corrected chi connectivity index (χ0v) is 17.8. The number of ether oxygens (including phenoxy) is 2. The van der Waals surface area contributed by atoms with Crippen LogP contribution in [-0.2, 0) is 27.7 Å². The van der Waals surface area contributed by atoms with E-state index >= 15 is 0 Å². The van der Waals surface area contributed by atoms with Crippen LogP contribution in [0.15, 0.2) is 48.5 Å². The molecule has 2 aromatic carbocycles. The van der Waals surface area contributed by atoms with E-state index in [0.717, 1.165) is 23.1 Å². The van der Waals surface area contributed by atoms with E-state index in [1.807, 2.05) is 43.3 Å². The van der Waals surface area contributed by atoms with Gasteiger partial charge in [-0.1, -0.05) is 24.3 Å². The van der Waals surface area contributed by atoms with Gasteiger partial charge < -0.3 is 18.8 Å². The second-order valence-electron chi connectivity index (χ2n) is 6.61. The van der Waals surface area contributed by atoms with E-state index in [4.69, 9.17) is 13.7 Å². The van der Waals surface area contributed by atoms with Crippen molar-refractivity contribution >= 4 is 10.1 Å². The molecule has 0 spiro atoms. The van der Waals surface area contributed by atoms with Gasteiger partial charge in [-0.3, -0.25) is 5.32 Å². The van der Waals surface area contributed by atoms with Gasteiger partial charge in [-0.2, -0.15) is 8.42 Å². The molecule has 0 aliphatic heterocycles. The molecule has 2 aromatic rings. The van der Waals surface area contributed by atoms with Crippen LogP contribution < -0.4 is 14.2 Å². The molecule has 0 aliphatic carbocycles. The van der Waals surface area contributed by atoms with Gasteiger partial charge in [0.15, 0.2) is 0 Å². The van der Waals surface area contributed by atoms with Crippen molar-refractivity contribution in [3.05, 3.63) is 59.7 Å². The lowest BCUT2D eigenvalue weighted by atomic mass is 10.1. The SMILES string of the molecule is CCO[C@@H](Cc1ccc(OCCc2ccc(OS(C)(=O)=O)cc2)cc1)[C@H](O)NC. The summed E-state index contributed by atoms with van der Waals surface area (Å²) in [7, 11) is -1.82. The Balaban J connectivity index is 1.82. The monoisotopic (exact) mass is 423 g/mol. The van der Waals surface area contributed by atoms with E-state index in [2.05, 4.69) is 5.32 Å². The molecule has 8 heteroatoms. The van der Waals surface area contributed by atoms with Gasteiger partial charge in [0, 0.05) is 19.4 Å². The van der Waals surface area contributed by atoms with Gasteiger partial charge in [0.2, 0.25) is 0 Å². The third-order valence-electron chi connectivity index (χ3n) is 4.22. The molecule has 7 nitrogen and oxygen atoms in total. The maximum atomic E-state index is 11.1. The molecule has 0 bridgehead atoms. The lowest BCUT2D eigenvalue weighted by Gasteiger charge is -2.22. The topological polar surface area (TPSA) is 94.1 Å². The minimum Gasteiger partial charge on any atom is -0.493 e. The van der Waals surface area contributed by atoms with E-state index in [0.29, 0.717) is 31.8 Å². The van der Waals surface area contributed by atoms with E-state index in [1.165, 1.54) is 0 Å². The number of benzene rings is 2. The first-order chi connectivity index (χ1) is 13.8. The van der Waals surface area contributed by atoms with Crippen molar-refractivity contribution in [1.29, 1.82) is 0 Å². The number of hydrogen-bond donors (Lipinski definition) is 2. The summed E-state index contributed by atoms with van der Waals surface area (Å²) in [4.78, 5) is 0. The highest BCUT2D eigenvalue weighted by molar-refractivity contribution is 7.86.